The van der Waals surface area contributed by atoms with E-state index in [0.717, 1.165) is 23.1 Å². The number of aromatic nitrogens is 3. The molecule has 0 bridgehead atoms. The van der Waals surface area contributed by atoms with Crippen LogP contribution >= 0.6 is 23.4 Å². The Kier molecular flexibility index (Phi) is 7.26. The molecule has 0 fully saturated rings. The van der Waals surface area contributed by atoms with Gasteiger partial charge in [0.15, 0.2) is 11.0 Å². The Balaban J connectivity index is 1.50. The Bertz CT molecular complexity index is 1270. The van der Waals surface area contributed by atoms with Gasteiger partial charge in [0, 0.05) is 10.7 Å². The maximum absolute atomic E-state index is 14.0. The predicted octanol–water partition coefficient (Wildman–Crippen LogP) is 5.68. The van der Waals surface area contributed by atoms with Gasteiger partial charge < -0.3 is 10.1 Å². The number of para-hydroxylation sites is 2. The van der Waals surface area contributed by atoms with Gasteiger partial charge >= 0.3 is 0 Å². The van der Waals surface area contributed by atoms with Gasteiger partial charge in [-0.3, -0.25) is 9.36 Å². The molecule has 1 aromatic heterocycles. The van der Waals surface area contributed by atoms with Crippen molar-refractivity contribution in [2.24, 2.45) is 0 Å². The fourth-order valence-corrected chi connectivity index (χ4v) is 4.02. The molecule has 4 rings (SSSR count). The zero-order chi connectivity index (χ0) is 23.2. The van der Waals surface area contributed by atoms with E-state index in [9.17, 15) is 9.18 Å². The number of hydrogen-bond acceptors (Lipinski definition) is 5. The summed E-state index contributed by atoms with van der Waals surface area (Å²) in [6.45, 7) is 2.18. The average Bonchev–Trinajstić information content (AvgIpc) is 3.22. The number of carbonyl (C=O) groups is 1. The number of nitrogens with one attached hydrogen (secondary N) is 1. The average molecular weight is 483 g/mol. The topological polar surface area (TPSA) is 69.0 Å². The van der Waals surface area contributed by atoms with E-state index < -0.39 is 5.82 Å². The normalized spacial score (nSPS) is 10.8. The lowest BCUT2D eigenvalue weighted by Gasteiger charge is -2.12. The van der Waals surface area contributed by atoms with Gasteiger partial charge in [0.2, 0.25) is 5.91 Å². The van der Waals surface area contributed by atoms with Crippen LogP contribution in [0, 0.1) is 12.7 Å². The number of carbonyl (C=O) groups excluding carboxylic acids is 1. The van der Waals surface area contributed by atoms with Crippen LogP contribution in [0.2, 0.25) is 5.02 Å². The summed E-state index contributed by atoms with van der Waals surface area (Å²) in [6, 6.07) is 21.4. The molecule has 0 radical (unpaired) electrons. The third-order valence-corrected chi connectivity index (χ3v) is 5.87. The van der Waals surface area contributed by atoms with E-state index in [1.54, 1.807) is 0 Å². The van der Waals surface area contributed by atoms with Gasteiger partial charge in [0.1, 0.15) is 18.2 Å². The lowest BCUT2D eigenvalue weighted by atomic mass is 10.2. The number of anilines is 1. The van der Waals surface area contributed by atoms with E-state index in [4.69, 9.17) is 16.3 Å². The summed E-state index contributed by atoms with van der Waals surface area (Å²) in [5.74, 6) is 0.409. The minimum Gasteiger partial charge on any atom is -0.485 e. The molecule has 168 valence electrons. The van der Waals surface area contributed by atoms with Crippen molar-refractivity contribution in [2.45, 2.75) is 18.7 Å². The second kappa shape index (κ2) is 10.5. The van der Waals surface area contributed by atoms with Crippen molar-refractivity contribution in [3.63, 3.8) is 0 Å². The Labute approximate surface area is 199 Å². The first kappa shape index (κ1) is 22.8. The third-order valence-electron chi connectivity index (χ3n) is 4.70. The lowest BCUT2D eigenvalue weighted by molar-refractivity contribution is -0.113. The largest absolute Gasteiger partial charge is 0.485 e. The van der Waals surface area contributed by atoms with Crippen LogP contribution < -0.4 is 10.1 Å². The zero-order valence-corrected chi connectivity index (χ0v) is 19.2. The SMILES string of the molecule is Cc1ccccc1OCc1nnc(SCC(=O)Nc2ccc(Cl)cc2F)n1-c1ccccc1. The zero-order valence-electron chi connectivity index (χ0n) is 17.7. The van der Waals surface area contributed by atoms with E-state index >= 15 is 0 Å². The molecule has 0 aliphatic carbocycles. The first-order valence-electron chi connectivity index (χ1n) is 10.1. The molecule has 0 spiro atoms. The number of thioether (sulfide) groups is 1. The molecule has 9 heteroatoms. The Morgan fingerprint density at radius 2 is 1.85 bits per heavy atom. The molecule has 4 aromatic rings. The highest BCUT2D eigenvalue weighted by atomic mass is 35.5. The van der Waals surface area contributed by atoms with Crippen LogP contribution in [0.3, 0.4) is 0 Å². The number of rotatable bonds is 8. The molecule has 1 N–H and O–H groups in total. The number of benzene rings is 3. The summed E-state index contributed by atoms with van der Waals surface area (Å²) in [4.78, 5) is 12.4. The van der Waals surface area contributed by atoms with Gasteiger partial charge in [-0.15, -0.1) is 10.2 Å². The molecule has 0 aliphatic rings. The van der Waals surface area contributed by atoms with Crippen molar-refractivity contribution in [3.8, 4) is 11.4 Å². The van der Waals surface area contributed by atoms with E-state index in [1.165, 1.54) is 23.9 Å². The van der Waals surface area contributed by atoms with Crippen LogP contribution in [0.5, 0.6) is 5.75 Å². The minimum atomic E-state index is -0.594. The Hall–Kier alpha value is -3.36. The Morgan fingerprint density at radius 1 is 1.09 bits per heavy atom. The monoisotopic (exact) mass is 482 g/mol. The van der Waals surface area contributed by atoms with E-state index in [-0.39, 0.29) is 29.0 Å². The summed E-state index contributed by atoms with van der Waals surface area (Å²) >= 11 is 6.96. The summed E-state index contributed by atoms with van der Waals surface area (Å²) in [5, 5.41) is 11.9. The van der Waals surface area contributed by atoms with E-state index in [0.29, 0.717) is 11.0 Å². The molecule has 1 heterocycles. The van der Waals surface area contributed by atoms with Crippen molar-refractivity contribution >= 4 is 35.0 Å². The van der Waals surface area contributed by atoms with Crippen LogP contribution in [0.15, 0.2) is 78.0 Å². The maximum Gasteiger partial charge on any atom is 0.234 e. The minimum absolute atomic E-state index is 0.0195. The summed E-state index contributed by atoms with van der Waals surface area (Å²) < 4.78 is 21.8. The summed E-state index contributed by atoms with van der Waals surface area (Å²) in [6.07, 6.45) is 0. The molecule has 3 aromatic carbocycles. The molecule has 33 heavy (non-hydrogen) atoms. The van der Waals surface area contributed by atoms with Gasteiger partial charge in [-0.05, 0) is 48.9 Å². The number of amides is 1. The van der Waals surface area contributed by atoms with Crippen LogP contribution in [-0.4, -0.2) is 26.4 Å². The fourth-order valence-electron chi connectivity index (χ4n) is 3.09. The molecule has 0 saturated heterocycles. The van der Waals surface area contributed by atoms with Crippen LogP contribution in [0.4, 0.5) is 10.1 Å². The highest BCUT2D eigenvalue weighted by Crippen LogP contribution is 2.25. The summed E-state index contributed by atoms with van der Waals surface area (Å²) in [5.41, 5.74) is 1.93. The standard InChI is InChI=1S/C24H20ClFN4O2S/c1-16-7-5-6-10-21(16)32-14-22-28-29-24(30(22)18-8-3-2-4-9-18)33-15-23(31)27-20-12-11-17(25)13-19(20)26/h2-13H,14-15H2,1H3,(H,27,31). The van der Waals surface area contributed by atoms with E-state index in [2.05, 4.69) is 15.5 Å². The van der Waals surface area contributed by atoms with Crippen LogP contribution in [0.25, 0.3) is 5.69 Å². The van der Waals surface area contributed by atoms with Crippen molar-refractivity contribution < 1.29 is 13.9 Å². The van der Waals surface area contributed by atoms with Gasteiger partial charge in [0.05, 0.1) is 11.4 Å². The third kappa shape index (κ3) is 5.71. The van der Waals surface area contributed by atoms with Crippen molar-refractivity contribution in [3.05, 3.63) is 95.0 Å². The highest BCUT2D eigenvalue weighted by molar-refractivity contribution is 7.99. The molecule has 0 unspecified atom stereocenters. The quantitative estimate of drug-likeness (QED) is 0.327. The second-order valence-corrected chi connectivity index (χ2v) is 8.46. The maximum atomic E-state index is 14.0. The number of ether oxygens (including phenoxy) is 1. The molecule has 6 nitrogen and oxygen atoms in total. The van der Waals surface area contributed by atoms with Crippen molar-refractivity contribution in [1.82, 2.24) is 14.8 Å². The van der Waals surface area contributed by atoms with Crippen molar-refractivity contribution in [1.29, 1.82) is 0 Å². The number of halogens is 2. The number of nitrogens with zero attached hydrogens (tertiary/aromatic N) is 3. The first-order valence-corrected chi connectivity index (χ1v) is 11.4. The van der Waals surface area contributed by atoms with Crippen LogP contribution in [0.1, 0.15) is 11.4 Å². The lowest BCUT2D eigenvalue weighted by Crippen LogP contribution is -2.15. The van der Waals surface area contributed by atoms with Gasteiger partial charge in [0.25, 0.3) is 0 Å². The fraction of sp³-hybridized carbons (Fsp3) is 0.125. The van der Waals surface area contributed by atoms with Gasteiger partial charge in [-0.1, -0.05) is 59.8 Å². The van der Waals surface area contributed by atoms with Gasteiger partial charge in [-0.25, -0.2) is 4.39 Å². The summed E-state index contributed by atoms with van der Waals surface area (Å²) in [7, 11) is 0. The highest BCUT2D eigenvalue weighted by Gasteiger charge is 2.17. The molecule has 0 atom stereocenters. The smallest absolute Gasteiger partial charge is 0.234 e. The van der Waals surface area contributed by atoms with Crippen LogP contribution in [-0.2, 0) is 11.4 Å². The van der Waals surface area contributed by atoms with E-state index in [1.807, 2.05) is 66.1 Å². The number of hydrogen-bond donors (Lipinski definition) is 1. The molecular weight excluding hydrogens is 463 g/mol. The Morgan fingerprint density at radius 3 is 2.61 bits per heavy atom. The first-order chi connectivity index (χ1) is 16.0. The predicted molar refractivity (Wildman–Crippen MR) is 128 cm³/mol. The van der Waals surface area contributed by atoms with Gasteiger partial charge in [-0.2, -0.15) is 0 Å². The van der Waals surface area contributed by atoms with Crippen molar-refractivity contribution in [2.75, 3.05) is 11.1 Å². The number of aryl methyl sites for hydroxylation is 1. The molecule has 0 saturated carbocycles. The second-order valence-electron chi connectivity index (χ2n) is 7.08. The molecular formula is C24H20ClFN4O2S. The molecule has 1 amide bonds. The molecule has 0 aliphatic heterocycles.